The van der Waals surface area contributed by atoms with Crippen LogP contribution in [0.5, 0.6) is 0 Å². The zero-order valence-electron chi connectivity index (χ0n) is 18.9. The van der Waals surface area contributed by atoms with Crippen LogP contribution in [0.25, 0.3) is 0 Å². The average molecular weight is 427 g/mol. The Hall–Kier alpha value is -2.21. The Morgan fingerprint density at radius 3 is 2.42 bits per heavy atom. The minimum atomic E-state index is -1.41. The van der Waals surface area contributed by atoms with Crippen molar-refractivity contribution in [3.63, 3.8) is 0 Å². The second-order valence-electron chi connectivity index (χ2n) is 9.92. The van der Waals surface area contributed by atoms with Gasteiger partial charge in [0, 0.05) is 38.1 Å². The van der Waals surface area contributed by atoms with E-state index in [1.165, 1.54) is 7.11 Å². The molecular formula is C25H34N2O4. The van der Waals surface area contributed by atoms with Crippen LogP contribution in [-0.2, 0) is 25.7 Å². The van der Waals surface area contributed by atoms with Gasteiger partial charge in [-0.2, -0.15) is 0 Å². The third kappa shape index (κ3) is 4.02. The highest BCUT2D eigenvalue weighted by molar-refractivity contribution is 6.08. The first-order chi connectivity index (χ1) is 14.8. The van der Waals surface area contributed by atoms with Crippen molar-refractivity contribution in [2.45, 2.75) is 64.6 Å². The average Bonchev–Trinajstić information content (AvgIpc) is 3.06. The topological polar surface area (TPSA) is 66.9 Å². The predicted octanol–water partition coefficient (Wildman–Crippen LogP) is 3.05. The number of ether oxygens (including phenoxy) is 1. The Kier molecular flexibility index (Phi) is 6.20. The molecule has 168 valence electrons. The largest absolute Gasteiger partial charge is 0.468 e. The third-order valence-corrected chi connectivity index (χ3v) is 7.54. The van der Waals surface area contributed by atoms with Gasteiger partial charge < -0.3 is 9.64 Å². The van der Waals surface area contributed by atoms with Gasteiger partial charge in [-0.1, -0.05) is 44.2 Å². The lowest BCUT2D eigenvalue weighted by Gasteiger charge is -2.46. The van der Waals surface area contributed by atoms with Gasteiger partial charge in [0.15, 0.2) is 11.2 Å². The van der Waals surface area contributed by atoms with Gasteiger partial charge in [-0.15, -0.1) is 0 Å². The molecular weight excluding hydrogens is 392 g/mol. The van der Waals surface area contributed by atoms with Gasteiger partial charge in [-0.05, 0) is 36.7 Å². The van der Waals surface area contributed by atoms with Gasteiger partial charge in [-0.3, -0.25) is 19.3 Å². The Balaban J connectivity index is 1.63. The summed E-state index contributed by atoms with van der Waals surface area (Å²) in [6.45, 7) is 6.36. The molecule has 0 unspecified atom stereocenters. The number of benzene rings is 1. The van der Waals surface area contributed by atoms with E-state index in [4.69, 9.17) is 4.74 Å². The van der Waals surface area contributed by atoms with Gasteiger partial charge in [0.1, 0.15) is 0 Å². The molecule has 0 aromatic heterocycles. The maximum atomic E-state index is 13.4. The Bertz CT molecular complexity index is 831. The fourth-order valence-corrected chi connectivity index (χ4v) is 6.24. The molecule has 2 bridgehead atoms. The highest BCUT2D eigenvalue weighted by Gasteiger charge is 2.62. The molecule has 1 aromatic carbocycles. The smallest absolute Gasteiger partial charge is 0.321 e. The van der Waals surface area contributed by atoms with E-state index in [2.05, 4.69) is 30.9 Å². The maximum Gasteiger partial charge on any atom is 0.321 e. The quantitative estimate of drug-likeness (QED) is 0.535. The Morgan fingerprint density at radius 2 is 1.77 bits per heavy atom. The number of amides is 1. The maximum absolute atomic E-state index is 13.4. The minimum absolute atomic E-state index is 0.0827. The normalized spacial score (nSPS) is 33.4. The molecule has 5 atom stereocenters. The van der Waals surface area contributed by atoms with Crippen molar-refractivity contribution in [1.29, 1.82) is 0 Å². The van der Waals surface area contributed by atoms with Crippen molar-refractivity contribution in [1.82, 2.24) is 9.80 Å². The number of ketones is 1. The zero-order valence-corrected chi connectivity index (χ0v) is 18.9. The molecule has 0 spiro atoms. The van der Waals surface area contributed by atoms with Crippen LogP contribution in [0.2, 0.25) is 0 Å². The molecule has 3 aliphatic heterocycles. The molecule has 3 aliphatic rings. The van der Waals surface area contributed by atoms with E-state index >= 15 is 0 Å². The molecule has 6 nitrogen and oxygen atoms in total. The first kappa shape index (κ1) is 22.0. The SMILES string of the molecule is COC(=O)[C@]1(CC(=O)N2C[C@H](C)C[C@@H](C)C2)C(=O)C[C@H]2CC[C@@H]1N2Cc1ccccc1. The van der Waals surface area contributed by atoms with Crippen LogP contribution in [0, 0.1) is 17.3 Å². The van der Waals surface area contributed by atoms with E-state index in [1.807, 2.05) is 23.1 Å². The van der Waals surface area contributed by atoms with Gasteiger partial charge in [-0.25, -0.2) is 0 Å². The first-order valence-corrected chi connectivity index (χ1v) is 11.5. The van der Waals surface area contributed by atoms with Crippen molar-refractivity contribution in [2.75, 3.05) is 20.2 Å². The van der Waals surface area contributed by atoms with Crippen LogP contribution in [0.3, 0.4) is 0 Å². The number of likely N-dealkylation sites (tertiary alicyclic amines) is 1. The lowest BCUT2D eigenvalue weighted by molar-refractivity contribution is -0.171. The number of methoxy groups -OCH3 is 1. The summed E-state index contributed by atoms with van der Waals surface area (Å²) in [6, 6.07) is 9.95. The highest BCUT2D eigenvalue weighted by Crippen LogP contribution is 2.48. The first-order valence-electron chi connectivity index (χ1n) is 11.5. The molecule has 0 saturated carbocycles. The van der Waals surface area contributed by atoms with Crippen LogP contribution >= 0.6 is 0 Å². The lowest BCUT2D eigenvalue weighted by atomic mass is 9.69. The predicted molar refractivity (Wildman–Crippen MR) is 117 cm³/mol. The van der Waals surface area contributed by atoms with Crippen LogP contribution in [0.15, 0.2) is 30.3 Å². The van der Waals surface area contributed by atoms with Crippen LogP contribution < -0.4 is 0 Å². The van der Waals surface area contributed by atoms with Crippen LogP contribution in [0.1, 0.15) is 51.5 Å². The summed E-state index contributed by atoms with van der Waals surface area (Å²) in [5.74, 6) is 0.0840. The molecule has 3 saturated heterocycles. The molecule has 0 radical (unpaired) electrons. The van der Waals surface area contributed by atoms with E-state index in [0.717, 1.165) is 24.8 Å². The number of esters is 1. The standard InChI is InChI=1S/C25H34N2O4/c1-17-11-18(2)15-26(14-17)23(29)13-25(24(30)31-3)21-10-9-20(12-22(25)28)27(21)16-19-7-5-4-6-8-19/h4-8,17-18,20-21H,9-16H2,1-3H3/t17-,18-,20-,21+,25+/m1/s1. The lowest BCUT2D eigenvalue weighted by Crippen LogP contribution is -2.61. The van der Waals surface area contributed by atoms with Crippen LogP contribution in [-0.4, -0.2) is 59.7 Å². The van der Waals surface area contributed by atoms with Crippen molar-refractivity contribution >= 4 is 17.7 Å². The number of hydrogen-bond acceptors (Lipinski definition) is 5. The van der Waals surface area contributed by atoms with Gasteiger partial charge in [0.05, 0.1) is 13.5 Å². The van der Waals surface area contributed by atoms with Gasteiger partial charge in [0.25, 0.3) is 0 Å². The van der Waals surface area contributed by atoms with Gasteiger partial charge >= 0.3 is 5.97 Å². The van der Waals surface area contributed by atoms with Crippen molar-refractivity contribution in [3.8, 4) is 0 Å². The van der Waals surface area contributed by atoms with E-state index in [9.17, 15) is 14.4 Å². The molecule has 3 fully saturated rings. The van der Waals surface area contributed by atoms with E-state index in [0.29, 0.717) is 37.9 Å². The summed E-state index contributed by atoms with van der Waals surface area (Å²) < 4.78 is 5.19. The van der Waals surface area contributed by atoms with Crippen LogP contribution in [0.4, 0.5) is 0 Å². The van der Waals surface area contributed by atoms with Crippen molar-refractivity contribution in [2.24, 2.45) is 17.3 Å². The molecule has 3 heterocycles. The summed E-state index contributed by atoms with van der Waals surface area (Å²) >= 11 is 0. The second-order valence-corrected chi connectivity index (χ2v) is 9.92. The number of piperidine rings is 2. The highest BCUT2D eigenvalue weighted by atomic mass is 16.5. The van der Waals surface area contributed by atoms with E-state index < -0.39 is 11.4 Å². The Labute approximate surface area is 184 Å². The zero-order chi connectivity index (χ0) is 22.2. The third-order valence-electron chi connectivity index (χ3n) is 7.54. The van der Waals surface area contributed by atoms with Crippen molar-refractivity contribution < 1.29 is 19.1 Å². The summed E-state index contributed by atoms with van der Waals surface area (Å²) in [4.78, 5) is 44.2. The molecule has 1 aromatic rings. The monoisotopic (exact) mass is 426 g/mol. The molecule has 0 aliphatic carbocycles. The Morgan fingerprint density at radius 1 is 1.10 bits per heavy atom. The molecule has 0 N–H and O–H groups in total. The molecule has 1 amide bonds. The number of fused-ring (bicyclic) bond motifs is 2. The number of nitrogens with zero attached hydrogens (tertiary/aromatic N) is 2. The fraction of sp³-hybridized carbons (Fsp3) is 0.640. The molecule has 4 rings (SSSR count). The summed E-state index contributed by atoms with van der Waals surface area (Å²) in [6.07, 6.45) is 2.92. The number of rotatable bonds is 5. The summed E-state index contributed by atoms with van der Waals surface area (Å²) in [5, 5.41) is 0. The molecule has 31 heavy (non-hydrogen) atoms. The number of carbonyl (C=O) groups excluding carboxylic acids is 3. The molecule has 6 heteroatoms. The van der Waals surface area contributed by atoms with Crippen molar-refractivity contribution in [3.05, 3.63) is 35.9 Å². The fourth-order valence-electron chi connectivity index (χ4n) is 6.24. The van der Waals surface area contributed by atoms with E-state index in [1.54, 1.807) is 0 Å². The number of Topliss-reactive ketones (excluding diaryl/α,β-unsaturated/α-hetero) is 1. The van der Waals surface area contributed by atoms with Gasteiger partial charge in [0.2, 0.25) is 5.91 Å². The minimum Gasteiger partial charge on any atom is -0.468 e. The number of hydrogen-bond donors (Lipinski definition) is 0. The van der Waals surface area contributed by atoms with E-state index in [-0.39, 0.29) is 30.2 Å². The number of carbonyl (C=O) groups is 3. The second kappa shape index (κ2) is 8.73. The summed E-state index contributed by atoms with van der Waals surface area (Å²) in [5.41, 5.74) is -0.255. The summed E-state index contributed by atoms with van der Waals surface area (Å²) in [7, 11) is 1.33.